The molecule has 0 bridgehead atoms. The lowest BCUT2D eigenvalue weighted by Gasteiger charge is -2.22. The molecule has 0 saturated heterocycles. The van der Waals surface area contributed by atoms with E-state index in [0.717, 1.165) is 0 Å². The van der Waals surface area contributed by atoms with Crippen molar-refractivity contribution in [1.82, 2.24) is 9.97 Å². The molecule has 0 amide bonds. The predicted molar refractivity (Wildman–Crippen MR) is 54.6 cm³/mol. The number of nitriles is 1. The first-order valence-corrected chi connectivity index (χ1v) is 4.22. The van der Waals surface area contributed by atoms with E-state index >= 15 is 0 Å². The molecule has 0 atom stereocenters. The molecule has 0 aromatic carbocycles. The Morgan fingerprint density at radius 1 is 1.64 bits per heavy atom. The van der Waals surface area contributed by atoms with E-state index in [1.165, 1.54) is 0 Å². The highest BCUT2D eigenvalue weighted by molar-refractivity contribution is 5.39. The van der Waals surface area contributed by atoms with Crippen LogP contribution in [0, 0.1) is 11.3 Å². The molecule has 0 aliphatic heterocycles. The van der Waals surface area contributed by atoms with Gasteiger partial charge in [0.1, 0.15) is 11.9 Å². The zero-order chi connectivity index (χ0) is 10.6. The summed E-state index contributed by atoms with van der Waals surface area (Å²) in [7, 11) is 0. The number of hydrogen-bond acceptors (Lipinski definition) is 4. The van der Waals surface area contributed by atoms with Gasteiger partial charge in [0.2, 0.25) is 5.82 Å². The molecule has 0 spiro atoms. The highest BCUT2D eigenvalue weighted by Gasteiger charge is 2.12. The Bertz CT molecular complexity index is 376. The lowest BCUT2D eigenvalue weighted by Crippen LogP contribution is -2.28. The number of anilines is 1. The van der Waals surface area contributed by atoms with Gasteiger partial charge in [-0.1, -0.05) is 6.08 Å². The van der Waals surface area contributed by atoms with E-state index in [-0.39, 0.29) is 11.4 Å². The lowest BCUT2D eigenvalue weighted by molar-refractivity contribution is 0.708. The van der Waals surface area contributed by atoms with Gasteiger partial charge in [0.05, 0.1) is 5.54 Å². The second kappa shape index (κ2) is 3.88. The van der Waals surface area contributed by atoms with Crippen LogP contribution < -0.4 is 5.32 Å². The van der Waals surface area contributed by atoms with Crippen LogP contribution in [0.3, 0.4) is 0 Å². The molecule has 0 fully saturated rings. The van der Waals surface area contributed by atoms with Gasteiger partial charge in [-0.3, -0.25) is 0 Å². The molecular formula is C10H12N4. The summed E-state index contributed by atoms with van der Waals surface area (Å²) in [4.78, 5) is 7.77. The minimum absolute atomic E-state index is 0.162. The highest BCUT2D eigenvalue weighted by atomic mass is 15.1. The van der Waals surface area contributed by atoms with Crippen molar-refractivity contribution in [3.05, 3.63) is 30.7 Å². The Balaban J connectivity index is 2.88. The van der Waals surface area contributed by atoms with Crippen LogP contribution in [0.25, 0.3) is 0 Å². The smallest absolute Gasteiger partial charge is 0.234 e. The second-order valence-corrected chi connectivity index (χ2v) is 3.43. The molecule has 1 aromatic rings. The molecule has 1 heterocycles. The molecule has 0 aliphatic carbocycles. The van der Waals surface area contributed by atoms with Crippen molar-refractivity contribution >= 4 is 5.82 Å². The van der Waals surface area contributed by atoms with Gasteiger partial charge < -0.3 is 5.32 Å². The Morgan fingerprint density at radius 2 is 2.36 bits per heavy atom. The number of nitrogens with zero attached hydrogens (tertiary/aromatic N) is 3. The fourth-order valence-corrected chi connectivity index (χ4v) is 0.863. The molecule has 1 aromatic heterocycles. The predicted octanol–water partition coefficient (Wildman–Crippen LogP) is 1.72. The number of hydrogen-bond donors (Lipinski definition) is 1. The third-order valence-electron chi connectivity index (χ3n) is 1.72. The maximum absolute atomic E-state index is 8.59. The molecule has 1 N–H and O–H groups in total. The number of aromatic nitrogens is 2. The van der Waals surface area contributed by atoms with Gasteiger partial charge in [0, 0.05) is 6.20 Å². The van der Waals surface area contributed by atoms with Crippen molar-refractivity contribution in [3.63, 3.8) is 0 Å². The maximum Gasteiger partial charge on any atom is 0.234 e. The van der Waals surface area contributed by atoms with Crippen LogP contribution in [0.2, 0.25) is 0 Å². The van der Waals surface area contributed by atoms with Crippen molar-refractivity contribution in [1.29, 1.82) is 5.26 Å². The standard InChI is InChI=1S/C10H12N4/c1-4-10(2,3)14-8-5-6-12-9(7-11)13-8/h4-6H,1H2,2-3H3,(H,12,13,14). The van der Waals surface area contributed by atoms with Crippen LogP contribution in [-0.4, -0.2) is 15.5 Å². The van der Waals surface area contributed by atoms with E-state index in [9.17, 15) is 0 Å². The fraction of sp³-hybridized carbons (Fsp3) is 0.300. The lowest BCUT2D eigenvalue weighted by atomic mass is 10.1. The largest absolute Gasteiger partial charge is 0.362 e. The van der Waals surface area contributed by atoms with E-state index in [4.69, 9.17) is 5.26 Å². The van der Waals surface area contributed by atoms with Gasteiger partial charge in [-0.25, -0.2) is 9.97 Å². The maximum atomic E-state index is 8.59. The van der Waals surface area contributed by atoms with Crippen LogP contribution >= 0.6 is 0 Å². The van der Waals surface area contributed by atoms with Gasteiger partial charge in [0.25, 0.3) is 0 Å². The van der Waals surface area contributed by atoms with E-state index < -0.39 is 0 Å². The van der Waals surface area contributed by atoms with E-state index in [1.54, 1.807) is 18.3 Å². The molecule has 0 saturated carbocycles. The summed E-state index contributed by atoms with van der Waals surface area (Å²) in [6, 6.07) is 3.60. The number of rotatable bonds is 3. The van der Waals surface area contributed by atoms with Crippen LogP contribution in [0.4, 0.5) is 5.82 Å². The van der Waals surface area contributed by atoms with E-state index in [0.29, 0.717) is 5.82 Å². The van der Waals surface area contributed by atoms with Crippen molar-refractivity contribution in [2.45, 2.75) is 19.4 Å². The SMILES string of the molecule is C=CC(C)(C)Nc1ccnc(C#N)n1. The van der Waals surface area contributed by atoms with Gasteiger partial charge in [-0.2, -0.15) is 5.26 Å². The third kappa shape index (κ3) is 2.56. The van der Waals surface area contributed by atoms with Crippen molar-refractivity contribution in [2.75, 3.05) is 5.32 Å². The topological polar surface area (TPSA) is 61.6 Å². The summed E-state index contributed by atoms with van der Waals surface area (Å²) in [6.07, 6.45) is 3.33. The molecule has 4 heteroatoms. The minimum atomic E-state index is -0.249. The Labute approximate surface area is 83.3 Å². The summed E-state index contributed by atoms with van der Waals surface area (Å²) < 4.78 is 0. The molecule has 14 heavy (non-hydrogen) atoms. The van der Waals surface area contributed by atoms with Gasteiger partial charge >= 0.3 is 0 Å². The molecule has 72 valence electrons. The third-order valence-corrected chi connectivity index (χ3v) is 1.72. The first kappa shape index (κ1) is 10.2. The van der Waals surface area contributed by atoms with E-state index in [2.05, 4.69) is 21.9 Å². The normalized spacial score (nSPS) is 10.4. The Hall–Kier alpha value is -1.89. The Morgan fingerprint density at radius 3 is 2.93 bits per heavy atom. The zero-order valence-corrected chi connectivity index (χ0v) is 8.28. The minimum Gasteiger partial charge on any atom is -0.362 e. The summed E-state index contributed by atoms with van der Waals surface area (Å²) in [6.45, 7) is 7.63. The average Bonchev–Trinajstić information content (AvgIpc) is 2.17. The molecule has 0 unspecified atom stereocenters. The van der Waals surface area contributed by atoms with Crippen molar-refractivity contribution in [3.8, 4) is 6.07 Å². The summed E-state index contributed by atoms with van der Waals surface area (Å²) >= 11 is 0. The van der Waals surface area contributed by atoms with Crippen LogP contribution in [0.15, 0.2) is 24.9 Å². The van der Waals surface area contributed by atoms with Crippen LogP contribution in [0.1, 0.15) is 19.7 Å². The molecule has 0 radical (unpaired) electrons. The average molecular weight is 188 g/mol. The van der Waals surface area contributed by atoms with Gasteiger partial charge in [0.15, 0.2) is 0 Å². The van der Waals surface area contributed by atoms with Crippen molar-refractivity contribution < 1.29 is 0 Å². The zero-order valence-electron chi connectivity index (χ0n) is 8.28. The first-order chi connectivity index (χ1) is 6.57. The van der Waals surface area contributed by atoms with Crippen molar-refractivity contribution in [2.24, 2.45) is 0 Å². The van der Waals surface area contributed by atoms with Crippen LogP contribution in [-0.2, 0) is 0 Å². The summed E-state index contributed by atoms with van der Waals surface area (Å²) in [5.41, 5.74) is -0.249. The molecular weight excluding hydrogens is 176 g/mol. The van der Waals surface area contributed by atoms with Crippen LogP contribution in [0.5, 0.6) is 0 Å². The summed E-state index contributed by atoms with van der Waals surface area (Å²) in [5.74, 6) is 0.788. The van der Waals surface area contributed by atoms with E-state index in [1.807, 2.05) is 19.9 Å². The quantitative estimate of drug-likeness (QED) is 0.734. The molecule has 0 aliphatic rings. The molecule has 1 rings (SSSR count). The highest BCUT2D eigenvalue weighted by Crippen LogP contribution is 2.12. The summed E-state index contributed by atoms with van der Waals surface area (Å²) in [5, 5.41) is 11.7. The molecule has 4 nitrogen and oxygen atoms in total. The van der Waals surface area contributed by atoms with Gasteiger partial charge in [-0.15, -0.1) is 6.58 Å². The fourth-order valence-electron chi connectivity index (χ4n) is 0.863. The Kier molecular flexibility index (Phi) is 2.82. The van der Waals surface area contributed by atoms with Gasteiger partial charge in [-0.05, 0) is 19.9 Å². The monoisotopic (exact) mass is 188 g/mol. The first-order valence-electron chi connectivity index (χ1n) is 4.22. The number of nitrogens with one attached hydrogen (secondary N) is 1. The second-order valence-electron chi connectivity index (χ2n) is 3.43.